The van der Waals surface area contributed by atoms with Crippen molar-refractivity contribution in [2.75, 3.05) is 23.3 Å². The summed E-state index contributed by atoms with van der Waals surface area (Å²) < 4.78 is 0. The van der Waals surface area contributed by atoms with Crippen molar-refractivity contribution in [2.45, 2.75) is 19.4 Å². The largest absolute Gasteiger partial charge is 0.354 e. The molecule has 0 spiro atoms. The van der Waals surface area contributed by atoms with Crippen LogP contribution in [-0.4, -0.2) is 35.1 Å². The van der Waals surface area contributed by atoms with E-state index in [1.165, 1.54) is 0 Å². The second kappa shape index (κ2) is 6.43. The highest BCUT2D eigenvalue weighted by Crippen LogP contribution is 2.17. The van der Waals surface area contributed by atoms with Crippen LogP contribution in [0.25, 0.3) is 0 Å². The molecule has 1 fully saturated rings. The van der Waals surface area contributed by atoms with Crippen LogP contribution in [0, 0.1) is 6.92 Å². The van der Waals surface area contributed by atoms with Crippen molar-refractivity contribution in [3.63, 3.8) is 0 Å². The minimum absolute atomic E-state index is 0.117. The number of urea groups is 1. The van der Waals surface area contributed by atoms with Crippen molar-refractivity contribution in [3.8, 4) is 0 Å². The molecular formula is C16H19N5O. The molecule has 1 saturated heterocycles. The molecule has 0 radical (unpaired) electrons. The van der Waals surface area contributed by atoms with E-state index in [0.717, 1.165) is 31.0 Å². The fourth-order valence-electron chi connectivity index (χ4n) is 2.58. The third-order valence-corrected chi connectivity index (χ3v) is 3.63. The summed E-state index contributed by atoms with van der Waals surface area (Å²) in [7, 11) is 0. The summed E-state index contributed by atoms with van der Waals surface area (Å²) in [4.78, 5) is 22.8. The standard InChI is InChI=1S/C16H19N5O/c1-12-5-4-6-14(18-12)20-16(22)19-13-8-10-21(11-13)15-7-2-3-9-17-15/h2-7,9,13H,8,10-11H2,1H3,(H2,18,19,20,22)/t13-/m0/s1. The Morgan fingerprint density at radius 3 is 2.95 bits per heavy atom. The quantitative estimate of drug-likeness (QED) is 0.911. The van der Waals surface area contributed by atoms with Gasteiger partial charge in [-0.15, -0.1) is 0 Å². The Bertz CT molecular complexity index is 646. The molecule has 0 aromatic carbocycles. The lowest BCUT2D eigenvalue weighted by Gasteiger charge is -2.17. The fourth-order valence-corrected chi connectivity index (χ4v) is 2.58. The number of nitrogens with zero attached hydrogens (tertiary/aromatic N) is 3. The van der Waals surface area contributed by atoms with E-state index in [1.807, 2.05) is 37.3 Å². The molecule has 2 aromatic heterocycles. The van der Waals surface area contributed by atoms with E-state index in [9.17, 15) is 4.79 Å². The second-order valence-corrected chi connectivity index (χ2v) is 5.38. The van der Waals surface area contributed by atoms with E-state index in [-0.39, 0.29) is 12.1 Å². The van der Waals surface area contributed by atoms with Crippen LogP contribution in [0.15, 0.2) is 42.6 Å². The maximum Gasteiger partial charge on any atom is 0.320 e. The van der Waals surface area contributed by atoms with Gasteiger partial charge in [0.15, 0.2) is 0 Å². The predicted octanol–water partition coefficient (Wildman–Crippen LogP) is 2.19. The van der Waals surface area contributed by atoms with Gasteiger partial charge in [-0.2, -0.15) is 0 Å². The van der Waals surface area contributed by atoms with Gasteiger partial charge in [0.25, 0.3) is 0 Å². The number of aryl methyl sites for hydroxylation is 1. The fraction of sp³-hybridized carbons (Fsp3) is 0.312. The minimum Gasteiger partial charge on any atom is -0.354 e. The van der Waals surface area contributed by atoms with Gasteiger partial charge in [0.05, 0.1) is 0 Å². The molecule has 22 heavy (non-hydrogen) atoms. The van der Waals surface area contributed by atoms with Crippen LogP contribution >= 0.6 is 0 Å². The first-order chi connectivity index (χ1) is 10.7. The number of nitrogens with one attached hydrogen (secondary N) is 2. The Morgan fingerprint density at radius 1 is 1.27 bits per heavy atom. The maximum absolute atomic E-state index is 12.0. The number of carbonyl (C=O) groups excluding carboxylic acids is 1. The molecule has 1 atom stereocenters. The maximum atomic E-state index is 12.0. The van der Waals surface area contributed by atoms with Gasteiger partial charge >= 0.3 is 6.03 Å². The zero-order valence-electron chi connectivity index (χ0n) is 12.5. The van der Waals surface area contributed by atoms with Crippen LogP contribution in [0.2, 0.25) is 0 Å². The van der Waals surface area contributed by atoms with E-state index in [2.05, 4.69) is 25.5 Å². The van der Waals surface area contributed by atoms with Gasteiger partial charge in [-0.1, -0.05) is 12.1 Å². The van der Waals surface area contributed by atoms with Crippen molar-refractivity contribution in [1.82, 2.24) is 15.3 Å². The number of hydrogen-bond donors (Lipinski definition) is 2. The second-order valence-electron chi connectivity index (χ2n) is 5.38. The van der Waals surface area contributed by atoms with Gasteiger partial charge in [-0.25, -0.2) is 14.8 Å². The molecule has 6 nitrogen and oxygen atoms in total. The smallest absolute Gasteiger partial charge is 0.320 e. The molecule has 2 amide bonds. The van der Waals surface area contributed by atoms with Gasteiger partial charge in [0.2, 0.25) is 0 Å². The summed E-state index contributed by atoms with van der Waals surface area (Å²) in [6, 6.07) is 11.3. The lowest BCUT2D eigenvalue weighted by molar-refractivity contribution is 0.249. The average Bonchev–Trinajstić information content (AvgIpc) is 2.96. The van der Waals surface area contributed by atoms with E-state index >= 15 is 0 Å². The molecular weight excluding hydrogens is 278 g/mol. The highest BCUT2D eigenvalue weighted by atomic mass is 16.2. The molecule has 114 valence electrons. The zero-order valence-corrected chi connectivity index (χ0v) is 12.5. The van der Waals surface area contributed by atoms with Gasteiger partial charge in [0, 0.05) is 31.0 Å². The van der Waals surface area contributed by atoms with Crippen LogP contribution in [0.4, 0.5) is 16.4 Å². The molecule has 1 aliphatic heterocycles. The Morgan fingerprint density at radius 2 is 2.18 bits per heavy atom. The van der Waals surface area contributed by atoms with Crippen LogP contribution in [0.1, 0.15) is 12.1 Å². The Balaban J connectivity index is 1.53. The highest BCUT2D eigenvalue weighted by Gasteiger charge is 2.24. The topological polar surface area (TPSA) is 70.2 Å². The first kappa shape index (κ1) is 14.3. The number of amides is 2. The third kappa shape index (κ3) is 3.52. The number of anilines is 2. The molecule has 6 heteroatoms. The Kier molecular flexibility index (Phi) is 4.18. The monoisotopic (exact) mass is 297 g/mol. The van der Waals surface area contributed by atoms with E-state index < -0.39 is 0 Å². The summed E-state index contributed by atoms with van der Waals surface area (Å²) in [6.45, 7) is 3.56. The van der Waals surface area contributed by atoms with Crippen molar-refractivity contribution < 1.29 is 4.79 Å². The summed E-state index contributed by atoms with van der Waals surface area (Å²) >= 11 is 0. The van der Waals surface area contributed by atoms with E-state index in [1.54, 1.807) is 12.3 Å². The lowest BCUT2D eigenvalue weighted by atomic mass is 10.3. The van der Waals surface area contributed by atoms with Crippen molar-refractivity contribution in [1.29, 1.82) is 0 Å². The molecule has 3 heterocycles. The molecule has 2 N–H and O–H groups in total. The number of carbonyl (C=O) groups is 1. The van der Waals surface area contributed by atoms with Crippen molar-refractivity contribution >= 4 is 17.7 Å². The van der Waals surface area contributed by atoms with Gasteiger partial charge in [-0.05, 0) is 37.6 Å². The van der Waals surface area contributed by atoms with Gasteiger partial charge in [0.1, 0.15) is 11.6 Å². The molecule has 1 aliphatic rings. The Labute approximate surface area is 129 Å². The molecule has 0 aliphatic carbocycles. The van der Waals surface area contributed by atoms with E-state index in [0.29, 0.717) is 5.82 Å². The number of pyridine rings is 2. The summed E-state index contributed by atoms with van der Waals surface area (Å²) in [5, 5.41) is 5.76. The summed E-state index contributed by atoms with van der Waals surface area (Å²) in [5.74, 6) is 1.52. The average molecular weight is 297 g/mol. The van der Waals surface area contributed by atoms with Crippen LogP contribution in [-0.2, 0) is 0 Å². The third-order valence-electron chi connectivity index (χ3n) is 3.63. The first-order valence-electron chi connectivity index (χ1n) is 7.38. The molecule has 2 aromatic rings. The molecule has 3 rings (SSSR count). The number of hydrogen-bond acceptors (Lipinski definition) is 4. The van der Waals surface area contributed by atoms with Gasteiger partial charge in [-0.3, -0.25) is 5.32 Å². The zero-order chi connectivity index (χ0) is 15.4. The molecule has 0 saturated carbocycles. The normalized spacial score (nSPS) is 17.3. The molecule has 0 bridgehead atoms. The summed E-state index contributed by atoms with van der Waals surface area (Å²) in [5.41, 5.74) is 0.875. The Hall–Kier alpha value is -2.63. The minimum atomic E-state index is -0.217. The van der Waals surface area contributed by atoms with Crippen LogP contribution in [0.5, 0.6) is 0 Å². The van der Waals surface area contributed by atoms with Crippen molar-refractivity contribution in [3.05, 3.63) is 48.3 Å². The molecule has 0 unspecified atom stereocenters. The summed E-state index contributed by atoms with van der Waals surface area (Å²) in [6.07, 6.45) is 2.69. The lowest BCUT2D eigenvalue weighted by Crippen LogP contribution is -2.40. The first-order valence-corrected chi connectivity index (χ1v) is 7.38. The number of aromatic nitrogens is 2. The number of rotatable bonds is 3. The predicted molar refractivity (Wildman–Crippen MR) is 86.0 cm³/mol. The van der Waals surface area contributed by atoms with Crippen LogP contribution in [0.3, 0.4) is 0 Å². The van der Waals surface area contributed by atoms with Crippen LogP contribution < -0.4 is 15.5 Å². The van der Waals surface area contributed by atoms with Gasteiger partial charge < -0.3 is 10.2 Å². The SMILES string of the molecule is Cc1cccc(NC(=O)N[C@H]2CCN(c3ccccn3)C2)n1. The van der Waals surface area contributed by atoms with E-state index in [4.69, 9.17) is 0 Å². The highest BCUT2D eigenvalue weighted by molar-refractivity contribution is 5.88. The van der Waals surface area contributed by atoms with Crippen molar-refractivity contribution in [2.24, 2.45) is 0 Å².